The van der Waals surface area contributed by atoms with E-state index < -0.39 is 0 Å². The van der Waals surface area contributed by atoms with E-state index in [4.69, 9.17) is 0 Å². The van der Waals surface area contributed by atoms with Crippen LogP contribution < -0.4 is 0 Å². The molecular weight excluding hydrogens is 146 g/mol. The number of aldehydes is 1. The third-order valence-corrected chi connectivity index (χ3v) is 1.39. The first-order valence-corrected chi connectivity index (χ1v) is 3.09. The highest BCUT2D eigenvalue weighted by atomic mass is 16.5. The van der Waals surface area contributed by atoms with Gasteiger partial charge in [-0.25, -0.2) is 0 Å². The molecule has 0 bridgehead atoms. The number of carbonyl (C=O) groups is 2. The van der Waals surface area contributed by atoms with Crippen LogP contribution >= 0.6 is 0 Å². The Labute approximate surface area is 63.2 Å². The maximum Gasteiger partial charge on any atom is 0.205 e. The lowest BCUT2D eigenvalue weighted by Crippen LogP contribution is -1.92. The summed E-state index contributed by atoms with van der Waals surface area (Å²) < 4.78 is 4.62. The Balaban J connectivity index is 3.20. The average molecular weight is 153 g/mol. The zero-order chi connectivity index (χ0) is 8.43. The Morgan fingerprint density at radius 2 is 2.27 bits per heavy atom. The molecule has 0 fully saturated rings. The van der Waals surface area contributed by atoms with Gasteiger partial charge in [0.05, 0.1) is 0 Å². The quantitative estimate of drug-likeness (QED) is 0.469. The van der Waals surface area contributed by atoms with Crippen molar-refractivity contribution in [2.45, 2.75) is 13.8 Å². The summed E-state index contributed by atoms with van der Waals surface area (Å²) in [7, 11) is 0. The molecule has 1 aromatic heterocycles. The summed E-state index contributed by atoms with van der Waals surface area (Å²) >= 11 is 0. The van der Waals surface area contributed by atoms with Crippen LogP contribution in [0.4, 0.5) is 0 Å². The zero-order valence-electron chi connectivity index (χ0n) is 6.25. The van der Waals surface area contributed by atoms with E-state index in [-0.39, 0.29) is 17.2 Å². The van der Waals surface area contributed by atoms with E-state index in [1.165, 1.54) is 6.92 Å². The van der Waals surface area contributed by atoms with Crippen LogP contribution in [0.2, 0.25) is 0 Å². The first kappa shape index (κ1) is 7.65. The van der Waals surface area contributed by atoms with E-state index in [1.54, 1.807) is 6.92 Å². The fraction of sp³-hybridized carbons (Fsp3) is 0.286. The van der Waals surface area contributed by atoms with Crippen molar-refractivity contribution >= 4 is 12.1 Å². The Morgan fingerprint density at radius 1 is 1.64 bits per heavy atom. The van der Waals surface area contributed by atoms with Gasteiger partial charge < -0.3 is 4.52 Å². The van der Waals surface area contributed by atoms with Crippen molar-refractivity contribution in [2.75, 3.05) is 0 Å². The second-order valence-electron chi connectivity index (χ2n) is 2.20. The van der Waals surface area contributed by atoms with Crippen molar-refractivity contribution in [3.63, 3.8) is 0 Å². The summed E-state index contributed by atoms with van der Waals surface area (Å²) in [5, 5.41) is 3.39. The van der Waals surface area contributed by atoms with E-state index in [2.05, 4.69) is 9.68 Å². The predicted molar refractivity (Wildman–Crippen MR) is 36.6 cm³/mol. The molecule has 4 nitrogen and oxygen atoms in total. The molecular formula is C7H7NO3. The van der Waals surface area contributed by atoms with Crippen LogP contribution in [-0.2, 0) is 0 Å². The van der Waals surface area contributed by atoms with Gasteiger partial charge in [0.15, 0.2) is 12.1 Å². The minimum atomic E-state index is -0.219. The fourth-order valence-electron chi connectivity index (χ4n) is 0.786. The molecule has 0 aliphatic carbocycles. The lowest BCUT2D eigenvalue weighted by molar-refractivity contribution is 0.0976. The Bertz CT molecular complexity index is 301. The Kier molecular flexibility index (Phi) is 1.85. The summed E-state index contributed by atoms with van der Waals surface area (Å²) in [6.45, 7) is 2.99. The van der Waals surface area contributed by atoms with E-state index in [9.17, 15) is 9.59 Å². The van der Waals surface area contributed by atoms with Crippen LogP contribution in [-0.4, -0.2) is 17.2 Å². The topological polar surface area (TPSA) is 60.2 Å². The largest absolute Gasteiger partial charge is 0.352 e. The lowest BCUT2D eigenvalue weighted by atomic mass is 10.2. The van der Waals surface area contributed by atoms with Crippen LogP contribution in [0.3, 0.4) is 0 Å². The molecule has 0 unspecified atom stereocenters. The Hall–Kier alpha value is -1.45. The van der Waals surface area contributed by atoms with Gasteiger partial charge in [0, 0.05) is 12.5 Å². The van der Waals surface area contributed by atoms with Gasteiger partial charge in [-0.15, -0.1) is 0 Å². The molecule has 4 heteroatoms. The standard InChI is InChI=1S/C7H7NO3/c1-4-6(3-9)8-11-7(4)5(2)10/h3H,1-2H3. The van der Waals surface area contributed by atoms with Crippen molar-refractivity contribution in [3.05, 3.63) is 17.0 Å². The molecule has 0 spiro atoms. The molecule has 0 saturated heterocycles. The summed E-state index contributed by atoms with van der Waals surface area (Å²) in [6, 6.07) is 0. The number of hydrogen-bond acceptors (Lipinski definition) is 4. The first-order valence-electron chi connectivity index (χ1n) is 3.09. The van der Waals surface area contributed by atoms with E-state index in [1.807, 2.05) is 0 Å². The van der Waals surface area contributed by atoms with Gasteiger partial charge in [-0.2, -0.15) is 0 Å². The highest BCUT2D eigenvalue weighted by Gasteiger charge is 2.13. The molecule has 1 heterocycles. The zero-order valence-corrected chi connectivity index (χ0v) is 6.25. The molecule has 0 aliphatic rings. The van der Waals surface area contributed by atoms with Crippen molar-refractivity contribution in [2.24, 2.45) is 0 Å². The van der Waals surface area contributed by atoms with Gasteiger partial charge in [-0.3, -0.25) is 9.59 Å². The molecule has 0 amide bonds. The highest BCUT2D eigenvalue weighted by Crippen LogP contribution is 2.10. The molecule has 0 atom stereocenters. The number of rotatable bonds is 2. The van der Waals surface area contributed by atoms with E-state index in [0.717, 1.165) is 0 Å². The molecule has 1 aromatic rings. The molecule has 58 valence electrons. The van der Waals surface area contributed by atoms with E-state index in [0.29, 0.717) is 11.8 Å². The number of aromatic nitrogens is 1. The van der Waals surface area contributed by atoms with Crippen LogP contribution in [0.1, 0.15) is 33.5 Å². The maximum atomic E-state index is 10.7. The maximum absolute atomic E-state index is 10.7. The third-order valence-electron chi connectivity index (χ3n) is 1.39. The van der Waals surface area contributed by atoms with Crippen LogP contribution in [0.5, 0.6) is 0 Å². The van der Waals surface area contributed by atoms with Gasteiger partial charge in [0.25, 0.3) is 0 Å². The molecule has 0 aromatic carbocycles. The summed E-state index contributed by atoms with van der Waals surface area (Å²) in [4.78, 5) is 21.0. The molecule has 0 radical (unpaired) electrons. The third kappa shape index (κ3) is 1.19. The Morgan fingerprint density at radius 3 is 2.55 bits per heavy atom. The monoisotopic (exact) mass is 153 g/mol. The molecule has 11 heavy (non-hydrogen) atoms. The van der Waals surface area contributed by atoms with Gasteiger partial charge in [-0.05, 0) is 6.92 Å². The van der Waals surface area contributed by atoms with Gasteiger partial charge >= 0.3 is 0 Å². The molecule has 0 N–H and O–H groups in total. The summed E-state index contributed by atoms with van der Waals surface area (Å²) in [5.41, 5.74) is 0.697. The summed E-state index contributed by atoms with van der Waals surface area (Å²) in [5.74, 6) is -0.0600. The minimum Gasteiger partial charge on any atom is -0.352 e. The highest BCUT2D eigenvalue weighted by molar-refractivity contribution is 5.94. The first-order chi connectivity index (χ1) is 5.16. The average Bonchev–Trinajstić information content (AvgIpc) is 2.30. The predicted octanol–water partition coefficient (Wildman–Crippen LogP) is 0.998. The SMILES string of the molecule is CC(=O)c1onc(C=O)c1C. The number of nitrogens with zero attached hydrogens (tertiary/aromatic N) is 1. The number of hydrogen-bond donors (Lipinski definition) is 0. The van der Waals surface area contributed by atoms with Crippen LogP contribution in [0, 0.1) is 6.92 Å². The second kappa shape index (κ2) is 2.65. The van der Waals surface area contributed by atoms with Crippen LogP contribution in [0.15, 0.2) is 4.52 Å². The number of ketones is 1. The fourth-order valence-corrected chi connectivity index (χ4v) is 0.786. The lowest BCUT2D eigenvalue weighted by Gasteiger charge is -1.85. The van der Waals surface area contributed by atoms with Crippen molar-refractivity contribution in [3.8, 4) is 0 Å². The molecule has 1 rings (SSSR count). The smallest absolute Gasteiger partial charge is 0.205 e. The molecule has 0 saturated carbocycles. The van der Waals surface area contributed by atoms with Crippen LogP contribution in [0.25, 0.3) is 0 Å². The van der Waals surface area contributed by atoms with Gasteiger partial charge in [0.1, 0.15) is 5.69 Å². The molecule has 0 aliphatic heterocycles. The van der Waals surface area contributed by atoms with Crippen molar-refractivity contribution in [1.82, 2.24) is 5.16 Å². The normalized spacial score (nSPS) is 9.64. The van der Waals surface area contributed by atoms with E-state index >= 15 is 0 Å². The van der Waals surface area contributed by atoms with Crippen molar-refractivity contribution in [1.29, 1.82) is 0 Å². The second-order valence-corrected chi connectivity index (χ2v) is 2.20. The minimum absolute atomic E-state index is 0.159. The summed E-state index contributed by atoms with van der Waals surface area (Å²) in [6.07, 6.45) is 0.561. The van der Waals surface area contributed by atoms with Gasteiger partial charge in [-0.1, -0.05) is 5.16 Å². The number of Topliss-reactive ketones (excluding diaryl/α,β-unsaturated/α-hetero) is 1. The van der Waals surface area contributed by atoms with Gasteiger partial charge in [0.2, 0.25) is 5.76 Å². The van der Waals surface area contributed by atoms with Crippen molar-refractivity contribution < 1.29 is 14.1 Å². The number of carbonyl (C=O) groups excluding carboxylic acids is 2.